The molecule has 1 atom stereocenters. The molecule has 10 nitrogen and oxygen atoms in total. The predicted octanol–water partition coefficient (Wildman–Crippen LogP) is 8.22. The maximum absolute atomic E-state index is 10.2. The van der Waals surface area contributed by atoms with Gasteiger partial charge in [-0.15, -0.1) is 0 Å². The second-order valence-electron chi connectivity index (χ2n) is 11.9. The molecule has 1 unspecified atom stereocenters. The second kappa shape index (κ2) is 14.7. The number of nitrogens with zero attached hydrogens (tertiary/aromatic N) is 8. The highest BCUT2D eigenvalue weighted by molar-refractivity contribution is 6.33. The number of halogens is 2. The maximum atomic E-state index is 10.2. The monoisotopic (exact) mass is 687 g/mol. The molecule has 0 aliphatic carbocycles. The number of carbonyl (C=O) groups excluding carboxylic acids is 1. The van der Waals surface area contributed by atoms with Gasteiger partial charge in [0.05, 0.1) is 45.7 Å². The minimum absolute atomic E-state index is 0.141. The summed E-state index contributed by atoms with van der Waals surface area (Å²) in [5, 5.41) is 19.4. The van der Waals surface area contributed by atoms with Crippen molar-refractivity contribution in [2.45, 2.75) is 26.7 Å². The molecule has 6 heterocycles. The summed E-state index contributed by atoms with van der Waals surface area (Å²) >= 11 is 11.0. The number of pyridine rings is 3. The van der Waals surface area contributed by atoms with Crippen molar-refractivity contribution in [3.63, 3.8) is 0 Å². The third-order valence-corrected chi connectivity index (χ3v) is 8.98. The van der Waals surface area contributed by atoms with Crippen LogP contribution in [0.15, 0.2) is 78.9 Å². The normalized spacial score (nSPS) is 13.9. The van der Waals surface area contributed by atoms with E-state index >= 15 is 0 Å². The summed E-state index contributed by atoms with van der Waals surface area (Å²) in [5.41, 5.74) is 6.25. The van der Waals surface area contributed by atoms with Crippen LogP contribution >= 0.6 is 23.2 Å². The third-order valence-electron chi connectivity index (χ3n) is 8.47. The van der Waals surface area contributed by atoms with E-state index in [4.69, 9.17) is 33.4 Å². The smallest absolute Gasteiger partial charge is 0.157 e. The van der Waals surface area contributed by atoms with Gasteiger partial charge in [-0.25, -0.2) is 19.9 Å². The molecule has 1 aliphatic heterocycles. The topological polar surface area (TPSA) is 140 Å². The number of H-pyrrole nitrogens is 1. The molecule has 7 aromatic rings. The summed E-state index contributed by atoms with van der Waals surface area (Å²) in [6.45, 7) is 6.70. The number of hydrogen-bond acceptors (Lipinski definition) is 8. The van der Waals surface area contributed by atoms with Gasteiger partial charge in [-0.05, 0) is 72.9 Å². The average molecular weight is 689 g/mol. The number of carbonyl (C=O) groups is 1. The minimum Gasteiger partial charge on any atom is -0.356 e. The molecule has 1 fully saturated rings. The lowest BCUT2D eigenvalue weighted by Crippen LogP contribution is -2.22. The molecule has 0 bridgehead atoms. The first-order valence-corrected chi connectivity index (χ1v) is 16.5. The van der Waals surface area contributed by atoms with Crippen molar-refractivity contribution in [1.29, 1.82) is 10.5 Å². The highest BCUT2D eigenvalue weighted by atomic mass is 35.5. The van der Waals surface area contributed by atoms with Crippen molar-refractivity contribution in [1.82, 2.24) is 29.3 Å². The Morgan fingerprint density at radius 2 is 1.71 bits per heavy atom. The fourth-order valence-electron chi connectivity index (χ4n) is 5.86. The Bertz CT molecular complexity index is 2350. The van der Waals surface area contributed by atoms with Crippen molar-refractivity contribution in [3.8, 4) is 12.1 Å². The van der Waals surface area contributed by atoms with E-state index in [-0.39, 0.29) is 10.3 Å². The summed E-state index contributed by atoms with van der Waals surface area (Å²) in [7, 11) is 0. The first-order chi connectivity index (χ1) is 23.8. The summed E-state index contributed by atoms with van der Waals surface area (Å²) in [6.07, 6.45) is 2.19. The molecule has 0 amide bonds. The van der Waals surface area contributed by atoms with Gasteiger partial charge in [-0.3, -0.25) is 9.20 Å². The van der Waals surface area contributed by atoms with E-state index in [2.05, 4.69) is 63.0 Å². The number of imidazole rings is 2. The van der Waals surface area contributed by atoms with Gasteiger partial charge >= 0.3 is 0 Å². The Kier molecular flexibility index (Phi) is 10.0. The van der Waals surface area contributed by atoms with Crippen LogP contribution in [0.25, 0.3) is 38.7 Å². The molecule has 2 aromatic carbocycles. The van der Waals surface area contributed by atoms with Crippen LogP contribution in [-0.4, -0.2) is 48.7 Å². The van der Waals surface area contributed by atoms with Crippen LogP contribution in [0.2, 0.25) is 10.3 Å². The maximum Gasteiger partial charge on any atom is 0.157 e. The van der Waals surface area contributed by atoms with Gasteiger partial charge in [-0.1, -0.05) is 61.3 Å². The van der Waals surface area contributed by atoms with Crippen LogP contribution in [0.5, 0.6) is 0 Å². The van der Waals surface area contributed by atoms with Crippen molar-refractivity contribution in [2.24, 2.45) is 11.8 Å². The third kappa shape index (κ3) is 7.17. The van der Waals surface area contributed by atoms with E-state index < -0.39 is 0 Å². The minimum atomic E-state index is 0.141. The number of aldehydes is 1. The number of rotatable bonds is 4. The van der Waals surface area contributed by atoms with Crippen molar-refractivity contribution < 1.29 is 4.79 Å². The molecule has 0 radical (unpaired) electrons. The summed E-state index contributed by atoms with van der Waals surface area (Å²) < 4.78 is 2.03. The lowest BCUT2D eigenvalue weighted by atomic mass is 9.95. The zero-order valence-electron chi connectivity index (χ0n) is 26.8. The van der Waals surface area contributed by atoms with Crippen LogP contribution in [0.3, 0.4) is 0 Å². The van der Waals surface area contributed by atoms with E-state index in [1.165, 1.54) is 18.6 Å². The molecule has 1 N–H and O–H groups in total. The van der Waals surface area contributed by atoms with Crippen LogP contribution in [0, 0.1) is 34.5 Å². The molecule has 0 saturated carbocycles. The van der Waals surface area contributed by atoms with Crippen molar-refractivity contribution in [2.75, 3.05) is 18.0 Å². The average Bonchev–Trinajstić information content (AvgIpc) is 3.86. The molecule has 5 aromatic heterocycles. The molecule has 1 saturated heterocycles. The molecular weight excluding hydrogens is 657 g/mol. The molecular formula is C37H31Cl2N9O. The second-order valence-corrected chi connectivity index (χ2v) is 12.7. The van der Waals surface area contributed by atoms with Gasteiger partial charge in [0.1, 0.15) is 33.7 Å². The largest absolute Gasteiger partial charge is 0.356 e. The van der Waals surface area contributed by atoms with Crippen molar-refractivity contribution >= 4 is 74.1 Å². The fraction of sp³-hybridized carbons (Fsp3) is 0.216. The van der Waals surface area contributed by atoms with E-state index in [1.807, 2.05) is 59.0 Å². The fourth-order valence-corrected chi connectivity index (χ4v) is 6.24. The zero-order chi connectivity index (χ0) is 34.5. The van der Waals surface area contributed by atoms with Gasteiger partial charge in [0.25, 0.3) is 0 Å². The summed E-state index contributed by atoms with van der Waals surface area (Å²) in [5.74, 6) is 3.16. The first-order valence-electron chi connectivity index (χ1n) is 15.7. The number of fused-ring (bicyclic) bond motifs is 6. The van der Waals surface area contributed by atoms with Gasteiger partial charge in [0, 0.05) is 18.5 Å². The Morgan fingerprint density at radius 3 is 2.41 bits per heavy atom. The van der Waals surface area contributed by atoms with Gasteiger partial charge in [0.15, 0.2) is 11.9 Å². The summed E-state index contributed by atoms with van der Waals surface area (Å²) in [4.78, 5) is 33.2. The van der Waals surface area contributed by atoms with Gasteiger partial charge in [-0.2, -0.15) is 10.5 Å². The Labute approximate surface area is 292 Å². The van der Waals surface area contributed by atoms with Crippen LogP contribution < -0.4 is 4.90 Å². The van der Waals surface area contributed by atoms with Gasteiger partial charge in [0.2, 0.25) is 0 Å². The number of anilines is 1. The Balaban J connectivity index is 0.000000156. The highest BCUT2D eigenvalue weighted by Gasteiger charge is 2.26. The quantitative estimate of drug-likeness (QED) is 0.144. The highest BCUT2D eigenvalue weighted by Crippen LogP contribution is 2.30. The molecule has 12 heteroatoms. The molecule has 49 heavy (non-hydrogen) atoms. The molecule has 8 rings (SSSR count). The van der Waals surface area contributed by atoms with Crippen molar-refractivity contribution in [3.05, 3.63) is 106 Å². The van der Waals surface area contributed by atoms with E-state index in [1.54, 1.807) is 0 Å². The van der Waals surface area contributed by atoms with E-state index in [9.17, 15) is 10.1 Å². The van der Waals surface area contributed by atoms with Crippen LogP contribution in [-0.2, 0) is 6.42 Å². The lowest BCUT2D eigenvalue weighted by molar-refractivity contribution is 0.112. The number of hydrogen-bond donors (Lipinski definition) is 1. The molecule has 244 valence electrons. The molecule has 1 aliphatic rings. The van der Waals surface area contributed by atoms with Crippen LogP contribution in [0.1, 0.15) is 42.0 Å². The lowest BCUT2D eigenvalue weighted by Gasteiger charge is -2.19. The number of nitrogens with one attached hydrogen (secondary N) is 1. The number of para-hydroxylation sites is 4. The van der Waals surface area contributed by atoms with Gasteiger partial charge < -0.3 is 9.88 Å². The number of aromatic nitrogens is 6. The molecule has 0 spiro atoms. The number of benzene rings is 2. The Hall–Kier alpha value is -5.55. The van der Waals surface area contributed by atoms with E-state index in [0.717, 1.165) is 63.7 Å². The first kappa shape index (κ1) is 33.4. The number of nitriles is 2. The Morgan fingerprint density at radius 1 is 0.939 bits per heavy atom. The zero-order valence-corrected chi connectivity index (χ0v) is 28.3. The van der Waals surface area contributed by atoms with E-state index in [0.29, 0.717) is 35.4 Å². The van der Waals surface area contributed by atoms with Crippen LogP contribution in [0.4, 0.5) is 5.82 Å². The number of aromatic amines is 1. The summed E-state index contributed by atoms with van der Waals surface area (Å²) in [6, 6.07) is 29.2. The predicted molar refractivity (Wildman–Crippen MR) is 193 cm³/mol. The standard InChI is InChI=1S/C22H21N5.C9H7N3.C6H3Cl2NO/c1-14(2)16-9-10-26(13-16)20-8-7-15-11-17(12-23)22-24-18-5-3-4-6-19(18)27(22)21(15)25-20;10-6-5-9-11-7-3-1-2-4-8(7)12-9;7-5-2-1-4(3-10)6(8)9-5/h3-8,11,14,16H,9-10,13H2,1-2H3;1-4H,5H2,(H,11,12);1-3H. The SMILES string of the molecule is CC(C)C1CCN(c2ccc3cc(C#N)c4nc5ccccc5n4c3n2)C1.N#CCc1nc2ccccc2[nH]1.O=Cc1ccc(Cl)nc1Cl.